The van der Waals surface area contributed by atoms with Crippen molar-refractivity contribution in [1.29, 1.82) is 0 Å². The maximum atomic E-state index is 12.5. The molecule has 4 atom stereocenters. The maximum Gasteiger partial charge on any atom is 0.317 e. The van der Waals surface area contributed by atoms with Crippen LogP contribution >= 0.6 is 0 Å². The smallest absolute Gasteiger partial charge is 0.317 e. The minimum atomic E-state index is -0.387. The van der Waals surface area contributed by atoms with Crippen LogP contribution in [-0.4, -0.2) is 66.3 Å². The van der Waals surface area contributed by atoms with Gasteiger partial charge in [-0.3, -0.25) is 0 Å². The number of carbonyl (C=O) groups excluding carboxylic acids is 1. The molecular formula is C19H29N3O2. The largest absolute Gasteiger partial charge is 0.391 e. The Bertz CT molecular complexity index is 551. The zero-order valence-electron chi connectivity index (χ0n) is 14.7. The fraction of sp³-hybridized carbons (Fsp3) is 0.632. The second-order valence-electron chi connectivity index (χ2n) is 7.42. The SMILES string of the molecule is C[C@@H]1CC[C@H](O)CN1C(=O)NC[C@@H]1CN(C)C[C@H]1c1ccccc1. The topological polar surface area (TPSA) is 55.8 Å². The molecule has 1 aromatic carbocycles. The van der Waals surface area contributed by atoms with Gasteiger partial charge in [-0.15, -0.1) is 0 Å². The lowest BCUT2D eigenvalue weighted by Gasteiger charge is -2.36. The molecule has 2 aliphatic heterocycles. The number of carbonyl (C=O) groups is 1. The van der Waals surface area contributed by atoms with Gasteiger partial charge in [0.1, 0.15) is 0 Å². The minimum absolute atomic E-state index is 0.0392. The standard InChI is InChI=1S/C19H29N3O2/c1-14-8-9-17(23)12-22(14)19(24)20-10-16-11-21(2)13-18(16)15-6-4-3-5-7-15/h3-7,14,16-18,23H,8-13H2,1-2H3,(H,20,24)/t14-,16-,17+,18+/m1/s1. The van der Waals surface area contributed by atoms with Crippen molar-refractivity contribution in [3.8, 4) is 0 Å². The van der Waals surface area contributed by atoms with Gasteiger partial charge >= 0.3 is 6.03 Å². The van der Waals surface area contributed by atoms with Crippen LogP contribution in [0.25, 0.3) is 0 Å². The fourth-order valence-electron chi connectivity index (χ4n) is 4.06. The third-order valence-corrected chi connectivity index (χ3v) is 5.48. The first-order valence-electron chi connectivity index (χ1n) is 9.00. The van der Waals surface area contributed by atoms with Crippen LogP contribution in [0.1, 0.15) is 31.2 Å². The number of rotatable bonds is 3. The molecule has 0 unspecified atom stereocenters. The van der Waals surface area contributed by atoms with Crippen LogP contribution in [0.15, 0.2) is 30.3 Å². The molecule has 2 amide bonds. The molecule has 2 aliphatic rings. The maximum absolute atomic E-state index is 12.5. The molecule has 2 heterocycles. The van der Waals surface area contributed by atoms with Gasteiger partial charge < -0.3 is 20.2 Å². The average molecular weight is 331 g/mol. The summed E-state index contributed by atoms with van der Waals surface area (Å²) >= 11 is 0. The summed E-state index contributed by atoms with van der Waals surface area (Å²) in [6.45, 7) is 5.21. The molecule has 5 heteroatoms. The summed E-state index contributed by atoms with van der Waals surface area (Å²) in [7, 11) is 2.14. The van der Waals surface area contributed by atoms with Crippen LogP contribution in [0.5, 0.6) is 0 Å². The fourth-order valence-corrected chi connectivity index (χ4v) is 4.06. The molecule has 0 radical (unpaired) electrons. The highest BCUT2D eigenvalue weighted by Crippen LogP contribution is 2.31. The van der Waals surface area contributed by atoms with Crippen LogP contribution < -0.4 is 5.32 Å². The number of nitrogens with zero attached hydrogens (tertiary/aromatic N) is 2. The van der Waals surface area contributed by atoms with Gasteiger partial charge in [0.25, 0.3) is 0 Å². The van der Waals surface area contributed by atoms with E-state index >= 15 is 0 Å². The van der Waals surface area contributed by atoms with E-state index in [1.165, 1.54) is 5.56 Å². The molecule has 0 aromatic heterocycles. The van der Waals surface area contributed by atoms with Crippen LogP contribution in [0.2, 0.25) is 0 Å². The van der Waals surface area contributed by atoms with Crippen LogP contribution in [-0.2, 0) is 0 Å². The first kappa shape index (κ1) is 17.2. The van der Waals surface area contributed by atoms with Crippen molar-refractivity contribution in [3.05, 3.63) is 35.9 Å². The number of benzene rings is 1. The molecule has 5 nitrogen and oxygen atoms in total. The summed E-state index contributed by atoms with van der Waals surface area (Å²) in [4.78, 5) is 16.6. The number of hydrogen-bond donors (Lipinski definition) is 2. The Kier molecular flexibility index (Phi) is 5.41. The second-order valence-corrected chi connectivity index (χ2v) is 7.42. The van der Waals surface area contributed by atoms with Crippen LogP contribution in [0, 0.1) is 5.92 Å². The third-order valence-electron chi connectivity index (χ3n) is 5.48. The summed E-state index contributed by atoms with van der Waals surface area (Å²) in [6, 6.07) is 10.7. The summed E-state index contributed by atoms with van der Waals surface area (Å²) in [5.74, 6) is 0.882. The van der Waals surface area contributed by atoms with E-state index in [2.05, 4.69) is 48.5 Å². The van der Waals surface area contributed by atoms with E-state index < -0.39 is 0 Å². The Balaban J connectivity index is 1.59. The summed E-state index contributed by atoms with van der Waals surface area (Å²) in [5, 5.41) is 12.9. The van der Waals surface area contributed by atoms with Crippen molar-refractivity contribution < 1.29 is 9.90 Å². The lowest BCUT2D eigenvalue weighted by molar-refractivity contribution is 0.0595. The van der Waals surface area contributed by atoms with E-state index in [1.54, 1.807) is 4.90 Å². The molecule has 0 aliphatic carbocycles. The molecule has 2 N–H and O–H groups in total. The predicted molar refractivity (Wildman–Crippen MR) is 95.0 cm³/mol. The number of likely N-dealkylation sites (N-methyl/N-ethyl adjacent to an activating group) is 1. The van der Waals surface area contributed by atoms with E-state index in [0.29, 0.717) is 24.9 Å². The Morgan fingerprint density at radius 1 is 1.21 bits per heavy atom. The van der Waals surface area contributed by atoms with Gasteiger partial charge in [-0.2, -0.15) is 0 Å². The van der Waals surface area contributed by atoms with Crippen molar-refractivity contribution >= 4 is 6.03 Å². The number of aliphatic hydroxyl groups excluding tert-OH is 1. The molecule has 0 saturated carbocycles. The van der Waals surface area contributed by atoms with Gasteiger partial charge in [0.2, 0.25) is 0 Å². The highest BCUT2D eigenvalue weighted by Gasteiger charge is 2.33. The van der Waals surface area contributed by atoms with Crippen molar-refractivity contribution in [2.45, 2.75) is 37.8 Å². The van der Waals surface area contributed by atoms with Crippen molar-refractivity contribution in [1.82, 2.24) is 15.1 Å². The van der Waals surface area contributed by atoms with E-state index in [9.17, 15) is 9.90 Å². The molecule has 0 spiro atoms. The zero-order chi connectivity index (χ0) is 17.1. The number of piperidine rings is 1. The Morgan fingerprint density at radius 3 is 2.71 bits per heavy atom. The Morgan fingerprint density at radius 2 is 1.96 bits per heavy atom. The lowest BCUT2D eigenvalue weighted by Crippen LogP contribution is -2.52. The summed E-state index contributed by atoms with van der Waals surface area (Å²) < 4.78 is 0. The number of likely N-dealkylation sites (tertiary alicyclic amines) is 2. The molecule has 24 heavy (non-hydrogen) atoms. The number of urea groups is 1. The average Bonchev–Trinajstić information content (AvgIpc) is 2.96. The number of aliphatic hydroxyl groups is 1. The van der Waals surface area contributed by atoms with Gasteiger partial charge in [0, 0.05) is 38.1 Å². The molecule has 2 fully saturated rings. The molecule has 0 bridgehead atoms. The van der Waals surface area contributed by atoms with Crippen LogP contribution in [0.3, 0.4) is 0 Å². The first-order valence-corrected chi connectivity index (χ1v) is 9.00. The number of nitrogens with one attached hydrogen (secondary N) is 1. The predicted octanol–water partition coefficient (Wildman–Crippen LogP) is 1.89. The Labute approximate surface area is 144 Å². The highest BCUT2D eigenvalue weighted by atomic mass is 16.3. The van der Waals surface area contributed by atoms with Crippen LogP contribution in [0.4, 0.5) is 4.79 Å². The molecule has 3 rings (SSSR count). The van der Waals surface area contributed by atoms with E-state index in [0.717, 1.165) is 25.9 Å². The normalized spacial score (nSPS) is 31.2. The van der Waals surface area contributed by atoms with Gasteiger partial charge in [-0.1, -0.05) is 30.3 Å². The minimum Gasteiger partial charge on any atom is -0.391 e. The monoisotopic (exact) mass is 331 g/mol. The molecular weight excluding hydrogens is 302 g/mol. The number of amides is 2. The van der Waals surface area contributed by atoms with Crippen molar-refractivity contribution in [2.75, 3.05) is 33.2 Å². The van der Waals surface area contributed by atoms with E-state index in [1.807, 2.05) is 6.07 Å². The second kappa shape index (κ2) is 7.53. The van der Waals surface area contributed by atoms with E-state index in [4.69, 9.17) is 0 Å². The first-order chi connectivity index (χ1) is 11.5. The van der Waals surface area contributed by atoms with E-state index in [-0.39, 0.29) is 18.2 Å². The summed E-state index contributed by atoms with van der Waals surface area (Å²) in [5.41, 5.74) is 1.35. The van der Waals surface area contributed by atoms with Crippen molar-refractivity contribution in [3.63, 3.8) is 0 Å². The van der Waals surface area contributed by atoms with Gasteiger partial charge in [-0.25, -0.2) is 4.79 Å². The summed E-state index contributed by atoms with van der Waals surface area (Å²) in [6.07, 6.45) is 1.27. The van der Waals surface area contributed by atoms with Crippen molar-refractivity contribution in [2.24, 2.45) is 5.92 Å². The zero-order valence-corrected chi connectivity index (χ0v) is 14.7. The Hall–Kier alpha value is -1.59. The molecule has 132 valence electrons. The van der Waals surface area contributed by atoms with Gasteiger partial charge in [0.15, 0.2) is 0 Å². The number of β-amino-alcohol motifs (C(OH)–C–C–N with tert-alkyl or cyclic N) is 1. The molecule has 1 aromatic rings. The lowest BCUT2D eigenvalue weighted by atomic mass is 9.89. The highest BCUT2D eigenvalue weighted by molar-refractivity contribution is 5.74. The molecule has 2 saturated heterocycles. The van der Waals surface area contributed by atoms with Gasteiger partial charge in [-0.05, 0) is 38.3 Å². The van der Waals surface area contributed by atoms with Gasteiger partial charge in [0.05, 0.1) is 6.10 Å². The quantitative estimate of drug-likeness (QED) is 0.889. The third kappa shape index (κ3) is 3.90. The number of hydrogen-bond acceptors (Lipinski definition) is 3.